The molecule has 0 spiro atoms. The van der Waals surface area contributed by atoms with E-state index < -0.39 is 0 Å². The third-order valence-corrected chi connectivity index (χ3v) is 3.80. The average Bonchev–Trinajstić information content (AvgIpc) is 2.62. The molecule has 4 unspecified atom stereocenters. The number of cyclic esters (lactones) is 1. The van der Waals surface area contributed by atoms with Gasteiger partial charge in [-0.05, 0) is 24.7 Å². The van der Waals surface area contributed by atoms with Gasteiger partial charge in [0.25, 0.3) is 0 Å². The molecule has 1 aliphatic heterocycles. The summed E-state index contributed by atoms with van der Waals surface area (Å²) in [4.78, 5) is 11.3. The summed E-state index contributed by atoms with van der Waals surface area (Å²) in [5.74, 6) is 1.94. The number of ether oxygens (including phenoxy) is 1. The predicted octanol–water partition coefficient (Wildman–Crippen LogP) is 1.37. The van der Waals surface area contributed by atoms with E-state index >= 15 is 0 Å². The molecule has 0 amide bonds. The predicted molar refractivity (Wildman–Crippen MR) is 43.3 cm³/mol. The number of fused-ring (bicyclic) bond motifs is 5. The second-order valence-electron chi connectivity index (χ2n) is 4.28. The van der Waals surface area contributed by atoms with Gasteiger partial charge in [-0.15, -0.1) is 0 Å². The Hall–Kier alpha value is -0.790. The first-order valence-corrected chi connectivity index (χ1v) is 4.61. The molecule has 2 aliphatic carbocycles. The Bertz CT molecular complexity index is 269. The summed E-state index contributed by atoms with van der Waals surface area (Å²) >= 11 is 0. The molecule has 0 aromatic rings. The van der Waals surface area contributed by atoms with Crippen LogP contribution in [-0.4, -0.2) is 12.6 Å². The summed E-state index contributed by atoms with van der Waals surface area (Å²) < 4.78 is 5.07. The van der Waals surface area contributed by atoms with Gasteiger partial charge in [0.2, 0.25) is 0 Å². The lowest BCUT2D eigenvalue weighted by molar-refractivity contribution is -0.142. The molecular formula is C10H12O2. The molecule has 3 fully saturated rings. The third-order valence-electron chi connectivity index (χ3n) is 3.80. The highest BCUT2D eigenvalue weighted by atomic mass is 16.5. The van der Waals surface area contributed by atoms with Gasteiger partial charge in [-0.3, -0.25) is 4.79 Å². The molecule has 1 heterocycles. The normalized spacial score (nSPS) is 49.7. The van der Waals surface area contributed by atoms with E-state index in [4.69, 9.17) is 4.74 Å². The molecule has 4 atom stereocenters. The molecule has 2 saturated carbocycles. The van der Waals surface area contributed by atoms with Gasteiger partial charge >= 0.3 is 5.97 Å². The van der Waals surface area contributed by atoms with Crippen LogP contribution in [0.5, 0.6) is 0 Å². The van der Waals surface area contributed by atoms with Crippen LogP contribution in [0.4, 0.5) is 0 Å². The fraction of sp³-hybridized carbons (Fsp3) is 0.700. The summed E-state index contributed by atoms with van der Waals surface area (Å²) in [6.07, 6.45) is 2.34. The molecular weight excluding hydrogens is 152 g/mol. The maximum atomic E-state index is 11.3. The maximum Gasteiger partial charge on any atom is 0.309 e. The van der Waals surface area contributed by atoms with Gasteiger partial charge in [0.1, 0.15) is 0 Å². The molecule has 3 rings (SSSR count). The van der Waals surface area contributed by atoms with Crippen LogP contribution in [-0.2, 0) is 9.53 Å². The van der Waals surface area contributed by atoms with Crippen molar-refractivity contribution < 1.29 is 9.53 Å². The average molecular weight is 164 g/mol. The molecule has 2 heteroatoms. The van der Waals surface area contributed by atoms with Crippen LogP contribution >= 0.6 is 0 Å². The van der Waals surface area contributed by atoms with Crippen molar-refractivity contribution in [2.75, 3.05) is 6.61 Å². The van der Waals surface area contributed by atoms with Crippen LogP contribution in [0, 0.1) is 23.7 Å². The van der Waals surface area contributed by atoms with Crippen LogP contribution in [0.25, 0.3) is 0 Å². The summed E-state index contributed by atoms with van der Waals surface area (Å²) in [7, 11) is 0. The van der Waals surface area contributed by atoms with Gasteiger partial charge in [0.05, 0.1) is 12.5 Å². The van der Waals surface area contributed by atoms with E-state index in [-0.39, 0.29) is 11.9 Å². The highest BCUT2D eigenvalue weighted by Crippen LogP contribution is 2.56. The quantitative estimate of drug-likeness (QED) is 0.399. The molecule has 64 valence electrons. The molecule has 2 bridgehead atoms. The molecule has 1 saturated heterocycles. The SMILES string of the molecule is C=C1CC2CC1C1C(=O)OCC21. The Labute approximate surface area is 71.6 Å². The summed E-state index contributed by atoms with van der Waals surface area (Å²) in [5, 5.41) is 0. The minimum atomic E-state index is 0.0355. The zero-order chi connectivity index (χ0) is 8.29. The standard InChI is InChI=1S/C10H12O2/c1-5-2-6-3-7(5)9-8(6)4-12-10(9)11/h6-9H,1-4H2. The Morgan fingerprint density at radius 1 is 1.50 bits per heavy atom. The molecule has 12 heavy (non-hydrogen) atoms. The second-order valence-corrected chi connectivity index (χ2v) is 4.28. The van der Waals surface area contributed by atoms with Gasteiger partial charge in [0, 0.05) is 5.92 Å². The largest absolute Gasteiger partial charge is 0.465 e. The molecule has 0 aromatic heterocycles. The van der Waals surface area contributed by atoms with Gasteiger partial charge in [-0.1, -0.05) is 12.2 Å². The third kappa shape index (κ3) is 0.598. The van der Waals surface area contributed by atoms with E-state index in [9.17, 15) is 4.79 Å². The Balaban J connectivity index is 2.00. The first-order chi connectivity index (χ1) is 5.77. The van der Waals surface area contributed by atoms with Gasteiger partial charge in [0.15, 0.2) is 0 Å². The van der Waals surface area contributed by atoms with E-state index in [0.29, 0.717) is 24.4 Å². The van der Waals surface area contributed by atoms with E-state index in [2.05, 4.69) is 6.58 Å². The first kappa shape index (κ1) is 6.70. The second kappa shape index (κ2) is 1.93. The Morgan fingerprint density at radius 3 is 3.17 bits per heavy atom. The van der Waals surface area contributed by atoms with E-state index in [1.165, 1.54) is 12.0 Å². The van der Waals surface area contributed by atoms with Gasteiger partial charge in [-0.2, -0.15) is 0 Å². The van der Waals surface area contributed by atoms with Crippen LogP contribution in [0.3, 0.4) is 0 Å². The lowest BCUT2D eigenvalue weighted by atomic mass is 9.79. The van der Waals surface area contributed by atoms with Crippen molar-refractivity contribution in [3.05, 3.63) is 12.2 Å². The molecule has 2 nitrogen and oxygen atoms in total. The Kier molecular flexibility index (Phi) is 1.07. The number of hydrogen-bond donors (Lipinski definition) is 0. The van der Waals surface area contributed by atoms with E-state index in [1.54, 1.807) is 0 Å². The summed E-state index contributed by atoms with van der Waals surface area (Å²) in [6.45, 7) is 4.70. The molecule has 3 aliphatic rings. The van der Waals surface area contributed by atoms with Crippen molar-refractivity contribution in [2.45, 2.75) is 12.8 Å². The zero-order valence-corrected chi connectivity index (χ0v) is 6.95. The van der Waals surface area contributed by atoms with Gasteiger partial charge in [-0.25, -0.2) is 0 Å². The summed E-state index contributed by atoms with van der Waals surface area (Å²) in [5.41, 5.74) is 1.29. The molecule has 0 radical (unpaired) electrons. The van der Waals surface area contributed by atoms with Crippen LogP contribution in [0.15, 0.2) is 12.2 Å². The van der Waals surface area contributed by atoms with Crippen molar-refractivity contribution >= 4 is 5.97 Å². The van der Waals surface area contributed by atoms with Crippen LogP contribution < -0.4 is 0 Å². The van der Waals surface area contributed by atoms with Crippen LogP contribution in [0.1, 0.15) is 12.8 Å². The number of hydrogen-bond acceptors (Lipinski definition) is 2. The molecule has 0 aromatic carbocycles. The lowest BCUT2D eigenvalue weighted by Crippen LogP contribution is -2.24. The fourth-order valence-corrected chi connectivity index (χ4v) is 3.24. The van der Waals surface area contributed by atoms with Crippen molar-refractivity contribution in [2.24, 2.45) is 23.7 Å². The number of carbonyl (C=O) groups is 1. The fourth-order valence-electron chi connectivity index (χ4n) is 3.24. The maximum absolute atomic E-state index is 11.3. The highest BCUT2D eigenvalue weighted by molar-refractivity contribution is 5.76. The molecule has 0 N–H and O–H groups in total. The lowest BCUT2D eigenvalue weighted by Gasteiger charge is -2.21. The smallest absolute Gasteiger partial charge is 0.309 e. The highest BCUT2D eigenvalue weighted by Gasteiger charge is 2.56. The number of carbonyl (C=O) groups excluding carboxylic acids is 1. The topological polar surface area (TPSA) is 26.3 Å². The number of rotatable bonds is 0. The van der Waals surface area contributed by atoms with Crippen molar-refractivity contribution in [1.82, 2.24) is 0 Å². The van der Waals surface area contributed by atoms with Crippen LogP contribution in [0.2, 0.25) is 0 Å². The van der Waals surface area contributed by atoms with Crippen molar-refractivity contribution in [1.29, 1.82) is 0 Å². The van der Waals surface area contributed by atoms with E-state index in [1.807, 2.05) is 0 Å². The summed E-state index contributed by atoms with van der Waals surface area (Å²) in [6, 6.07) is 0. The number of esters is 1. The van der Waals surface area contributed by atoms with Crippen molar-refractivity contribution in [3.8, 4) is 0 Å². The van der Waals surface area contributed by atoms with Crippen molar-refractivity contribution in [3.63, 3.8) is 0 Å². The minimum absolute atomic E-state index is 0.0355. The minimum Gasteiger partial charge on any atom is -0.465 e. The number of allylic oxidation sites excluding steroid dienone is 1. The first-order valence-electron chi connectivity index (χ1n) is 4.61. The zero-order valence-electron chi connectivity index (χ0n) is 6.95. The Morgan fingerprint density at radius 2 is 2.33 bits per heavy atom. The monoisotopic (exact) mass is 164 g/mol. The van der Waals surface area contributed by atoms with Gasteiger partial charge < -0.3 is 4.74 Å². The van der Waals surface area contributed by atoms with E-state index in [0.717, 1.165) is 6.42 Å².